The van der Waals surface area contributed by atoms with Crippen LogP contribution < -0.4 is 5.32 Å². The number of aryl methyl sites for hydroxylation is 2. The van der Waals surface area contributed by atoms with E-state index in [1.807, 2.05) is 24.3 Å². The van der Waals surface area contributed by atoms with Crippen LogP contribution in [-0.4, -0.2) is 43.3 Å². The molecule has 0 spiro atoms. The maximum atomic E-state index is 12.0. The molecule has 2 aromatic heterocycles. The number of benzene rings is 1. The van der Waals surface area contributed by atoms with E-state index in [2.05, 4.69) is 20.6 Å². The highest BCUT2D eigenvalue weighted by molar-refractivity contribution is 6.30. The van der Waals surface area contributed by atoms with E-state index in [1.165, 1.54) is 24.8 Å². The van der Waals surface area contributed by atoms with Gasteiger partial charge >= 0.3 is 0 Å². The molecular formula is C20H20ClN5O3. The average Bonchev–Trinajstić information content (AvgIpc) is 3.16. The lowest BCUT2D eigenvalue weighted by Gasteiger charge is -2.05. The first kappa shape index (κ1) is 20.5. The number of hydrogen-bond donors (Lipinski definition) is 2. The number of amides is 1. The van der Waals surface area contributed by atoms with Crippen LogP contribution in [0.15, 0.2) is 42.7 Å². The van der Waals surface area contributed by atoms with E-state index in [9.17, 15) is 14.7 Å². The molecule has 0 aliphatic rings. The summed E-state index contributed by atoms with van der Waals surface area (Å²) in [4.78, 5) is 26.9. The van der Waals surface area contributed by atoms with Gasteiger partial charge in [0, 0.05) is 23.3 Å². The average molecular weight is 414 g/mol. The second kappa shape index (κ2) is 9.29. The van der Waals surface area contributed by atoms with Crippen LogP contribution in [0.4, 0.5) is 0 Å². The highest BCUT2D eigenvalue weighted by Crippen LogP contribution is 2.23. The van der Waals surface area contributed by atoms with Crippen molar-refractivity contribution in [3.63, 3.8) is 0 Å². The highest BCUT2D eigenvalue weighted by Gasteiger charge is 2.15. The van der Waals surface area contributed by atoms with Gasteiger partial charge in [-0.25, -0.2) is 4.98 Å². The fourth-order valence-corrected chi connectivity index (χ4v) is 2.82. The van der Waals surface area contributed by atoms with Crippen molar-refractivity contribution in [3.8, 4) is 17.0 Å². The lowest BCUT2D eigenvalue weighted by molar-refractivity contribution is -0.116. The zero-order chi connectivity index (χ0) is 20.8. The first-order chi connectivity index (χ1) is 13.9. The molecule has 3 rings (SSSR count). The lowest BCUT2D eigenvalue weighted by Crippen LogP contribution is -2.29. The number of nitrogens with zero attached hydrogens (tertiary/aromatic N) is 4. The summed E-state index contributed by atoms with van der Waals surface area (Å²) < 4.78 is 1.72. The Labute approximate surface area is 172 Å². The van der Waals surface area contributed by atoms with Crippen molar-refractivity contribution in [1.29, 1.82) is 0 Å². The molecule has 150 valence electrons. The van der Waals surface area contributed by atoms with Crippen molar-refractivity contribution >= 4 is 23.3 Å². The number of aromatic nitrogens is 4. The summed E-state index contributed by atoms with van der Waals surface area (Å²) in [6, 6.07) is 9.13. The zero-order valence-corrected chi connectivity index (χ0v) is 16.6. The topological polar surface area (TPSA) is 110 Å². The molecule has 0 bridgehead atoms. The Bertz CT molecular complexity index is 1020. The van der Waals surface area contributed by atoms with E-state index in [4.69, 9.17) is 11.6 Å². The van der Waals surface area contributed by atoms with E-state index >= 15 is 0 Å². The molecule has 1 aromatic carbocycles. The van der Waals surface area contributed by atoms with Crippen LogP contribution in [0, 0.1) is 0 Å². The summed E-state index contributed by atoms with van der Waals surface area (Å²) in [7, 11) is 0. The molecule has 0 saturated heterocycles. The number of carbonyl (C=O) groups is 2. The Morgan fingerprint density at radius 2 is 2.00 bits per heavy atom. The van der Waals surface area contributed by atoms with Gasteiger partial charge < -0.3 is 10.4 Å². The van der Waals surface area contributed by atoms with E-state index < -0.39 is 5.91 Å². The van der Waals surface area contributed by atoms with Crippen LogP contribution in [0.1, 0.15) is 29.4 Å². The van der Waals surface area contributed by atoms with Gasteiger partial charge in [0.1, 0.15) is 17.2 Å². The summed E-state index contributed by atoms with van der Waals surface area (Å²) in [6.07, 6.45) is 4.96. The van der Waals surface area contributed by atoms with Crippen molar-refractivity contribution in [2.75, 3.05) is 6.54 Å². The molecule has 1 amide bonds. The maximum Gasteiger partial charge on any atom is 0.274 e. The molecule has 0 radical (unpaired) electrons. The second-order valence-electron chi connectivity index (χ2n) is 6.57. The van der Waals surface area contributed by atoms with Crippen LogP contribution >= 0.6 is 11.6 Å². The Morgan fingerprint density at radius 3 is 2.69 bits per heavy atom. The number of ketones is 1. The number of carbonyl (C=O) groups excluding carboxylic acids is 2. The van der Waals surface area contributed by atoms with Crippen LogP contribution in [0.25, 0.3) is 11.3 Å². The molecule has 9 heteroatoms. The van der Waals surface area contributed by atoms with Gasteiger partial charge in [0.05, 0.1) is 12.7 Å². The van der Waals surface area contributed by atoms with Gasteiger partial charge in [0.25, 0.3) is 5.91 Å². The largest absolute Gasteiger partial charge is 0.505 e. The Hall–Kier alpha value is -3.26. The molecule has 8 nitrogen and oxygen atoms in total. The number of pyridine rings is 1. The summed E-state index contributed by atoms with van der Waals surface area (Å²) in [5.74, 6) is -1.10. The van der Waals surface area contributed by atoms with E-state index in [1.54, 1.807) is 10.9 Å². The number of aromatic hydroxyl groups is 1. The summed E-state index contributed by atoms with van der Waals surface area (Å²) in [5, 5.41) is 21.4. The standard InChI is InChI=1S/C20H20ClN5O3/c1-13(27)10-23-20(29)19-18(28)9-15(11-22-19)17-12-26(25-24-17)8-2-3-14-4-6-16(21)7-5-14/h4-7,9,11-12,28H,2-3,8,10H2,1H3,(H,23,29). The van der Waals surface area contributed by atoms with E-state index in [0.717, 1.165) is 12.8 Å². The fourth-order valence-electron chi connectivity index (χ4n) is 2.69. The minimum Gasteiger partial charge on any atom is -0.505 e. The molecule has 0 saturated carbocycles. The first-order valence-electron chi connectivity index (χ1n) is 9.04. The normalized spacial score (nSPS) is 10.7. The van der Waals surface area contributed by atoms with Gasteiger partial charge in [-0.1, -0.05) is 28.9 Å². The van der Waals surface area contributed by atoms with E-state index in [-0.39, 0.29) is 23.8 Å². The quantitative estimate of drug-likeness (QED) is 0.587. The van der Waals surface area contributed by atoms with Crippen molar-refractivity contribution in [2.45, 2.75) is 26.3 Å². The Balaban J connectivity index is 1.60. The molecular weight excluding hydrogens is 394 g/mol. The van der Waals surface area contributed by atoms with Gasteiger partial charge in [-0.15, -0.1) is 5.10 Å². The molecule has 2 heterocycles. The number of Topliss-reactive ketones (excluding diaryl/α,β-unsaturated/α-hetero) is 1. The summed E-state index contributed by atoms with van der Waals surface area (Å²) >= 11 is 5.89. The lowest BCUT2D eigenvalue weighted by atomic mass is 10.1. The third-order valence-corrected chi connectivity index (χ3v) is 4.43. The molecule has 0 fully saturated rings. The predicted molar refractivity (Wildman–Crippen MR) is 108 cm³/mol. The smallest absolute Gasteiger partial charge is 0.274 e. The Kier molecular flexibility index (Phi) is 6.56. The summed E-state index contributed by atoms with van der Waals surface area (Å²) in [6.45, 7) is 1.92. The fraction of sp³-hybridized carbons (Fsp3) is 0.250. The molecule has 0 unspecified atom stereocenters. The highest BCUT2D eigenvalue weighted by atomic mass is 35.5. The Morgan fingerprint density at radius 1 is 1.24 bits per heavy atom. The maximum absolute atomic E-state index is 12.0. The van der Waals surface area contributed by atoms with Crippen LogP contribution in [0.3, 0.4) is 0 Å². The zero-order valence-electron chi connectivity index (χ0n) is 15.8. The third kappa shape index (κ3) is 5.61. The van der Waals surface area contributed by atoms with E-state index in [0.29, 0.717) is 22.8 Å². The number of halogens is 1. The SMILES string of the molecule is CC(=O)CNC(=O)c1ncc(-c2cn(CCCc3ccc(Cl)cc3)nn2)cc1O. The molecule has 0 aliphatic carbocycles. The molecule has 0 atom stereocenters. The number of nitrogens with one attached hydrogen (secondary N) is 1. The van der Waals surface area contributed by atoms with Crippen molar-refractivity contribution in [1.82, 2.24) is 25.3 Å². The first-order valence-corrected chi connectivity index (χ1v) is 9.42. The van der Waals surface area contributed by atoms with Crippen molar-refractivity contribution < 1.29 is 14.7 Å². The third-order valence-electron chi connectivity index (χ3n) is 4.18. The van der Waals surface area contributed by atoms with Crippen molar-refractivity contribution in [2.24, 2.45) is 0 Å². The van der Waals surface area contributed by atoms with Crippen molar-refractivity contribution in [3.05, 3.63) is 59.0 Å². The summed E-state index contributed by atoms with van der Waals surface area (Å²) in [5.41, 5.74) is 2.12. The minimum absolute atomic E-state index is 0.119. The van der Waals surface area contributed by atoms with Gasteiger partial charge in [-0.3, -0.25) is 14.3 Å². The van der Waals surface area contributed by atoms with Crippen LogP contribution in [-0.2, 0) is 17.8 Å². The molecule has 2 N–H and O–H groups in total. The van der Waals surface area contributed by atoms with Crippen LogP contribution in [0.5, 0.6) is 5.75 Å². The van der Waals surface area contributed by atoms with Gasteiger partial charge in [-0.05, 0) is 43.5 Å². The number of hydrogen-bond acceptors (Lipinski definition) is 6. The van der Waals surface area contributed by atoms with Gasteiger partial charge in [-0.2, -0.15) is 0 Å². The predicted octanol–water partition coefficient (Wildman–Crippen LogP) is 2.65. The van der Waals surface area contributed by atoms with Gasteiger partial charge in [0.2, 0.25) is 0 Å². The van der Waals surface area contributed by atoms with Crippen LogP contribution in [0.2, 0.25) is 5.02 Å². The molecule has 0 aliphatic heterocycles. The monoisotopic (exact) mass is 413 g/mol. The minimum atomic E-state index is -0.616. The molecule has 3 aromatic rings. The molecule has 29 heavy (non-hydrogen) atoms. The van der Waals surface area contributed by atoms with Gasteiger partial charge in [0.15, 0.2) is 5.69 Å². The second-order valence-corrected chi connectivity index (χ2v) is 7.01. The number of rotatable bonds is 8.